The molecule has 0 amide bonds. The number of aromatic nitrogens is 2. The molecule has 4 rings (SSSR count). The number of nitrogens with one attached hydrogen (secondary N) is 1. The number of benzene rings is 1. The normalized spacial score (nSPS) is 27.0. The molecular formula is C18H20F5N4O3PS. The molecule has 1 unspecified atom stereocenters. The van der Waals surface area contributed by atoms with Crippen LogP contribution in [0.2, 0.25) is 0 Å². The Bertz CT molecular complexity index is 1100. The van der Waals surface area contributed by atoms with Crippen LogP contribution in [0, 0.1) is 11.6 Å². The van der Waals surface area contributed by atoms with E-state index in [1.807, 2.05) is 0 Å². The van der Waals surface area contributed by atoms with Crippen molar-refractivity contribution in [3.05, 3.63) is 52.9 Å². The van der Waals surface area contributed by atoms with Crippen LogP contribution in [0.4, 0.5) is 22.0 Å². The first-order valence-corrected chi connectivity index (χ1v) is 12.0. The van der Waals surface area contributed by atoms with E-state index in [9.17, 15) is 30.4 Å². The minimum Gasteiger partial charge on any atom is -0.357 e. The molecule has 0 saturated carbocycles. The van der Waals surface area contributed by atoms with E-state index < -0.39 is 52.1 Å². The van der Waals surface area contributed by atoms with Crippen molar-refractivity contribution in [1.29, 1.82) is 0 Å². The smallest absolute Gasteiger partial charge is 0.357 e. The van der Waals surface area contributed by atoms with Gasteiger partial charge in [-0.1, -0.05) is 9.39 Å². The summed E-state index contributed by atoms with van der Waals surface area (Å²) in [5.74, 6) is -1.65. The Balaban J connectivity index is 1.63. The zero-order chi connectivity index (χ0) is 23.4. The van der Waals surface area contributed by atoms with Gasteiger partial charge in [0.25, 0.3) is 10.0 Å². The Morgan fingerprint density at radius 1 is 1.25 bits per heavy atom. The fourth-order valence-electron chi connectivity index (χ4n) is 4.22. The monoisotopic (exact) mass is 498 g/mol. The van der Waals surface area contributed by atoms with Gasteiger partial charge in [0.1, 0.15) is 17.7 Å². The quantitative estimate of drug-likeness (QED) is 0.516. The topological polar surface area (TPSA) is 76.5 Å². The third-order valence-electron chi connectivity index (χ3n) is 5.70. The molecular weight excluding hydrogens is 478 g/mol. The fraction of sp³-hybridized carbons (Fsp3) is 0.500. The van der Waals surface area contributed by atoms with E-state index in [0.717, 1.165) is 28.5 Å². The lowest BCUT2D eigenvalue weighted by atomic mass is 9.89. The van der Waals surface area contributed by atoms with Gasteiger partial charge >= 0.3 is 6.18 Å². The predicted molar refractivity (Wildman–Crippen MR) is 107 cm³/mol. The molecule has 32 heavy (non-hydrogen) atoms. The van der Waals surface area contributed by atoms with Gasteiger partial charge in [-0.15, -0.1) is 0 Å². The number of nitrogens with zero attached hydrogens (tertiary/aromatic N) is 3. The molecule has 0 aliphatic carbocycles. The van der Waals surface area contributed by atoms with Crippen molar-refractivity contribution in [2.75, 3.05) is 6.26 Å². The van der Waals surface area contributed by atoms with E-state index >= 15 is 0 Å². The van der Waals surface area contributed by atoms with Crippen molar-refractivity contribution in [2.45, 2.75) is 50.0 Å². The summed E-state index contributed by atoms with van der Waals surface area (Å²) >= 11 is 0. The molecule has 1 saturated heterocycles. The first kappa shape index (κ1) is 23.5. The highest BCUT2D eigenvalue weighted by Crippen LogP contribution is 2.43. The first-order chi connectivity index (χ1) is 14.9. The number of halogens is 5. The molecule has 176 valence electrons. The molecule has 1 aromatic carbocycles. The van der Waals surface area contributed by atoms with Gasteiger partial charge in [0.15, 0.2) is 6.10 Å². The molecule has 3 heterocycles. The second kappa shape index (κ2) is 8.28. The molecule has 1 aromatic heterocycles. The zero-order valence-corrected chi connectivity index (χ0v) is 18.7. The molecule has 2 aliphatic heterocycles. The molecule has 1 N–H and O–H groups in total. The number of hydrogen-bond donors (Lipinski definition) is 1. The van der Waals surface area contributed by atoms with Gasteiger partial charge in [0.2, 0.25) is 0 Å². The number of hydrogen-bond acceptors (Lipinski definition) is 6. The summed E-state index contributed by atoms with van der Waals surface area (Å²) in [4.78, 5) is 1.51. The maximum atomic E-state index is 14.3. The van der Waals surface area contributed by atoms with Crippen molar-refractivity contribution in [2.24, 2.45) is 0 Å². The largest absolute Gasteiger partial charge is 0.416 e. The van der Waals surface area contributed by atoms with Crippen LogP contribution in [0.5, 0.6) is 0 Å². The van der Waals surface area contributed by atoms with Gasteiger partial charge in [-0.05, 0) is 24.6 Å². The van der Waals surface area contributed by atoms with Gasteiger partial charge < -0.3 is 4.74 Å². The van der Waals surface area contributed by atoms with E-state index in [0.29, 0.717) is 11.3 Å². The van der Waals surface area contributed by atoms with Crippen molar-refractivity contribution in [3.8, 4) is 0 Å². The van der Waals surface area contributed by atoms with Crippen LogP contribution < -0.4 is 5.09 Å². The van der Waals surface area contributed by atoms with E-state index in [1.165, 1.54) is 11.1 Å². The van der Waals surface area contributed by atoms with E-state index in [-0.39, 0.29) is 25.1 Å². The van der Waals surface area contributed by atoms with Crippen LogP contribution in [-0.2, 0) is 27.8 Å². The highest BCUT2D eigenvalue weighted by atomic mass is 32.2. The van der Waals surface area contributed by atoms with Crippen molar-refractivity contribution in [3.63, 3.8) is 0 Å². The molecule has 1 fully saturated rings. The molecule has 2 aromatic rings. The first-order valence-electron chi connectivity index (χ1n) is 9.53. The van der Waals surface area contributed by atoms with Gasteiger partial charge in [0.05, 0.1) is 11.9 Å². The molecule has 5 atom stereocenters. The van der Waals surface area contributed by atoms with E-state index in [4.69, 9.17) is 4.74 Å². The molecule has 14 heteroatoms. The third-order valence-corrected chi connectivity index (χ3v) is 6.99. The van der Waals surface area contributed by atoms with Gasteiger partial charge in [0, 0.05) is 42.5 Å². The van der Waals surface area contributed by atoms with Crippen LogP contribution in [0.25, 0.3) is 0 Å². The third kappa shape index (κ3) is 4.41. The van der Waals surface area contributed by atoms with E-state index in [1.54, 1.807) is 0 Å². The van der Waals surface area contributed by atoms with Crippen LogP contribution in [-0.4, -0.2) is 53.1 Å². The summed E-state index contributed by atoms with van der Waals surface area (Å²) in [6.07, 6.45) is -6.23. The average Bonchev–Trinajstić information content (AvgIpc) is 3.27. The minimum absolute atomic E-state index is 0.00102. The zero-order valence-electron chi connectivity index (χ0n) is 16.7. The fourth-order valence-corrected chi connectivity index (χ4v) is 5.10. The maximum absolute atomic E-state index is 14.3. The van der Waals surface area contributed by atoms with Gasteiger partial charge in [-0.3, -0.25) is 9.99 Å². The van der Waals surface area contributed by atoms with E-state index in [2.05, 4.69) is 19.6 Å². The Kier molecular flexibility index (Phi) is 6.08. The lowest BCUT2D eigenvalue weighted by Crippen LogP contribution is -2.58. The highest BCUT2D eigenvalue weighted by Gasteiger charge is 2.54. The number of alkyl halides is 3. The number of ether oxygens (including phenoxy) is 1. The molecule has 0 bridgehead atoms. The van der Waals surface area contributed by atoms with Gasteiger partial charge in [-0.2, -0.15) is 22.4 Å². The Morgan fingerprint density at radius 3 is 2.56 bits per heavy atom. The standard InChI is InChI=1S/C18H20F5N4O3PS/c1-32(28,29)27-7-9-6-26(8-14(9)24-27)15-5-13(25-31)16(30-17(15)18(21,22)23)11-4-10(19)2-3-12(11)20/h2-4,7,13,15-17,25H,5-6,8,31H2,1H3/t13-,15+,16+,17-/m0/s1. The molecule has 2 aliphatic rings. The average molecular weight is 498 g/mol. The van der Waals surface area contributed by atoms with Crippen molar-refractivity contribution < 1.29 is 35.1 Å². The summed E-state index contributed by atoms with van der Waals surface area (Å²) in [6.45, 7) is 0.0507. The van der Waals surface area contributed by atoms with Crippen LogP contribution in [0.1, 0.15) is 29.3 Å². The van der Waals surface area contributed by atoms with Gasteiger partial charge in [-0.25, -0.2) is 17.2 Å². The van der Waals surface area contributed by atoms with Crippen molar-refractivity contribution in [1.82, 2.24) is 19.2 Å². The predicted octanol–water partition coefficient (Wildman–Crippen LogP) is 2.49. The van der Waals surface area contributed by atoms with Crippen LogP contribution in [0.3, 0.4) is 0 Å². The number of rotatable bonds is 4. The van der Waals surface area contributed by atoms with Crippen LogP contribution >= 0.6 is 9.39 Å². The minimum atomic E-state index is -4.77. The summed E-state index contributed by atoms with van der Waals surface area (Å²) in [7, 11) is -1.43. The summed E-state index contributed by atoms with van der Waals surface area (Å²) in [5, 5.41) is 6.75. The molecule has 7 nitrogen and oxygen atoms in total. The highest BCUT2D eigenvalue weighted by molar-refractivity contribution is 7.89. The maximum Gasteiger partial charge on any atom is 0.416 e. The van der Waals surface area contributed by atoms with Crippen molar-refractivity contribution >= 4 is 19.4 Å². The number of fused-ring (bicyclic) bond motifs is 1. The van der Waals surface area contributed by atoms with Crippen LogP contribution in [0.15, 0.2) is 24.4 Å². The molecule has 0 radical (unpaired) electrons. The summed E-state index contributed by atoms with van der Waals surface area (Å²) in [5.41, 5.74) is 0.571. The SMILES string of the molecule is CS(=O)(=O)n1cc2c(n1)CN([C@@H]1C[C@H](NP)[C@@H](c3cc(F)ccc3F)O[C@@H]1C(F)(F)F)C2. The Labute approximate surface area is 183 Å². The molecule has 0 spiro atoms. The Morgan fingerprint density at radius 2 is 1.97 bits per heavy atom. The summed E-state index contributed by atoms with van der Waals surface area (Å²) in [6, 6.07) is 0.655. The Hall–Kier alpha value is -1.66. The summed E-state index contributed by atoms with van der Waals surface area (Å²) < 4.78 is 99.4. The lowest BCUT2D eigenvalue weighted by Gasteiger charge is -2.45. The lowest BCUT2D eigenvalue weighted by molar-refractivity contribution is -0.270. The second-order valence-corrected chi connectivity index (χ2v) is 10.1. The second-order valence-electron chi connectivity index (χ2n) is 7.90.